The minimum Gasteiger partial charge on any atom is -0.361 e. The fourth-order valence-electron chi connectivity index (χ4n) is 3.82. The highest BCUT2D eigenvalue weighted by atomic mass is 16.7. The summed E-state index contributed by atoms with van der Waals surface area (Å²) >= 11 is 0. The monoisotopic (exact) mass is 502 g/mol. The minimum atomic E-state index is -0.887. The summed E-state index contributed by atoms with van der Waals surface area (Å²) in [7, 11) is 0. The van der Waals surface area contributed by atoms with E-state index in [0.717, 1.165) is 21.8 Å². The molecule has 2 rings (SSSR count). The SMILES string of the molecule is Cc1cc(C)cc(Cc2c(C(C)C)c(=O)[nH]c(=O)n2COCCCN(OC(=O)C(C)(C)C)C(N)=O)c1. The van der Waals surface area contributed by atoms with Gasteiger partial charge in [0, 0.05) is 17.7 Å². The summed E-state index contributed by atoms with van der Waals surface area (Å²) in [4.78, 5) is 56.6. The molecule has 0 fully saturated rings. The Labute approximate surface area is 211 Å². The molecular weight excluding hydrogens is 464 g/mol. The van der Waals surface area contributed by atoms with E-state index in [-0.39, 0.29) is 25.8 Å². The number of aryl methyl sites for hydroxylation is 2. The van der Waals surface area contributed by atoms with Gasteiger partial charge in [-0.1, -0.05) is 43.2 Å². The molecule has 36 heavy (non-hydrogen) atoms. The van der Waals surface area contributed by atoms with E-state index in [1.807, 2.05) is 39.8 Å². The molecule has 3 N–H and O–H groups in total. The summed E-state index contributed by atoms with van der Waals surface area (Å²) in [6.45, 7) is 12.9. The molecule has 2 aromatic rings. The van der Waals surface area contributed by atoms with E-state index in [9.17, 15) is 19.2 Å². The van der Waals surface area contributed by atoms with Crippen LogP contribution in [0.3, 0.4) is 0 Å². The summed E-state index contributed by atoms with van der Waals surface area (Å²) in [5.74, 6) is -0.692. The number of hydrogen-bond donors (Lipinski definition) is 2. The van der Waals surface area contributed by atoms with Crippen molar-refractivity contribution >= 4 is 12.0 Å². The van der Waals surface area contributed by atoms with Gasteiger partial charge in [-0.15, -0.1) is 0 Å². The number of rotatable bonds is 9. The maximum Gasteiger partial charge on any atom is 0.348 e. The number of primary amides is 1. The van der Waals surface area contributed by atoms with Crippen molar-refractivity contribution in [1.82, 2.24) is 14.6 Å². The second-order valence-corrected chi connectivity index (χ2v) is 10.3. The lowest BCUT2D eigenvalue weighted by atomic mass is 9.96. The summed E-state index contributed by atoms with van der Waals surface area (Å²) < 4.78 is 7.16. The number of nitrogens with one attached hydrogen (secondary N) is 1. The average molecular weight is 503 g/mol. The number of hydrogen-bond acceptors (Lipinski definition) is 6. The van der Waals surface area contributed by atoms with Gasteiger partial charge in [-0.05, 0) is 52.5 Å². The van der Waals surface area contributed by atoms with Crippen LogP contribution in [0.1, 0.15) is 74.9 Å². The first-order valence-corrected chi connectivity index (χ1v) is 12.0. The maximum absolute atomic E-state index is 12.7. The second kappa shape index (κ2) is 12.0. The zero-order chi connectivity index (χ0) is 27.2. The van der Waals surface area contributed by atoms with Gasteiger partial charge in [-0.25, -0.2) is 14.4 Å². The quantitative estimate of drug-likeness (QED) is 0.399. The van der Waals surface area contributed by atoms with Crippen molar-refractivity contribution in [3.05, 3.63) is 67.0 Å². The van der Waals surface area contributed by atoms with Crippen molar-refractivity contribution in [3.8, 4) is 0 Å². The minimum absolute atomic E-state index is 0.0321. The van der Waals surface area contributed by atoms with Crippen LogP contribution in [0.25, 0.3) is 0 Å². The van der Waals surface area contributed by atoms with Gasteiger partial charge < -0.3 is 15.3 Å². The molecule has 0 saturated carbocycles. The third-order valence-corrected chi connectivity index (χ3v) is 5.50. The van der Waals surface area contributed by atoms with Gasteiger partial charge in [0.2, 0.25) is 0 Å². The Balaban J connectivity index is 2.18. The van der Waals surface area contributed by atoms with Crippen molar-refractivity contribution < 1.29 is 19.2 Å². The molecule has 1 aromatic carbocycles. The van der Waals surface area contributed by atoms with Crippen molar-refractivity contribution in [2.45, 2.75) is 74.0 Å². The number of aromatic nitrogens is 2. The van der Waals surface area contributed by atoms with Crippen LogP contribution < -0.4 is 17.0 Å². The lowest BCUT2D eigenvalue weighted by molar-refractivity contribution is -0.186. The Morgan fingerprint density at radius 2 is 1.72 bits per heavy atom. The summed E-state index contributed by atoms with van der Waals surface area (Å²) in [5, 5.41) is 0.797. The van der Waals surface area contributed by atoms with E-state index in [0.29, 0.717) is 24.1 Å². The van der Waals surface area contributed by atoms with Gasteiger partial charge in [0.15, 0.2) is 0 Å². The topological polar surface area (TPSA) is 137 Å². The Morgan fingerprint density at radius 1 is 1.11 bits per heavy atom. The van der Waals surface area contributed by atoms with Crippen molar-refractivity contribution in [2.75, 3.05) is 13.2 Å². The van der Waals surface area contributed by atoms with Crippen LogP contribution >= 0.6 is 0 Å². The van der Waals surface area contributed by atoms with Crippen LogP contribution in [0, 0.1) is 19.3 Å². The van der Waals surface area contributed by atoms with Crippen molar-refractivity contribution in [1.29, 1.82) is 0 Å². The van der Waals surface area contributed by atoms with Gasteiger partial charge in [0.25, 0.3) is 5.56 Å². The predicted molar refractivity (Wildman–Crippen MR) is 137 cm³/mol. The smallest absolute Gasteiger partial charge is 0.348 e. The molecule has 10 nitrogen and oxygen atoms in total. The molecule has 0 unspecified atom stereocenters. The van der Waals surface area contributed by atoms with E-state index < -0.39 is 28.7 Å². The predicted octanol–water partition coefficient (Wildman–Crippen LogP) is 3.12. The van der Waals surface area contributed by atoms with E-state index >= 15 is 0 Å². The first-order valence-electron chi connectivity index (χ1n) is 12.0. The van der Waals surface area contributed by atoms with Gasteiger partial charge in [0.05, 0.1) is 18.6 Å². The molecule has 0 aliphatic rings. The number of benzene rings is 1. The van der Waals surface area contributed by atoms with Crippen LogP contribution in [0.5, 0.6) is 0 Å². The molecule has 10 heteroatoms. The number of carbonyl (C=O) groups excluding carboxylic acids is 2. The molecule has 0 bridgehead atoms. The molecule has 1 aromatic heterocycles. The van der Waals surface area contributed by atoms with Crippen molar-refractivity contribution in [2.24, 2.45) is 11.1 Å². The molecule has 0 aliphatic heterocycles. The number of amides is 2. The number of nitrogens with zero attached hydrogens (tertiary/aromatic N) is 2. The summed E-state index contributed by atoms with van der Waals surface area (Å²) in [6, 6.07) is 5.24. The number of hydroxylamine groups is 2. The van der Waals surface area contributed by atoms with E-state index in [1.54, 1.807) is 20.8 Å². The summed E-state index contributed by atoms with van der Waals surface area (Å²) in [5.41, 5.74) is 7.88. The molecule has 0 atom stereocenters. The highest BCUT2D eigenvalue weighted by Gasteiger charge is 2.27. The van der Waals surface area contributed by atoms with Crippen LogP contribution in [0.2, 0.25) is 0 Å². The number of nitrogens with two attached hydrogens (primary N) is 1. The van der Waals surface area contributed by atoms with Crippen LogP contribution in [0.4, 0.5) is 4.79 Å². The fourth-order valence-corrected chi connectivity index (χ4v) is 3.82. The average Bonchev–Trinajstić information content (AvgIpc) is 2.72. The molecule has 2 amide bonds. The highest BCUT2D eigenvalue weighted by molar-refractivity contribution is 5.78. The number of aromatic amines is 1. The Morgan fingerprint density at radius 3 is 2.25 bits per heavy atom. The normalized spacial score (nSPS) is 11.6. The third-order valence-electron chi connectivity index (χ3n) is 5.50. The van der Waals surface area contributed by atoms with E-state index in [1.165, 1.54) is 4.57 Å². The molecule has 198 valence electrons. The van der Waals surface area contributed by atoms with Crippen molar-refractivity contribution in [3.63, 3.8) is 0 Å². The van der Waals surface area contributed by atoms with E-state index in [2.05, 4.69) is 11.1 Å². The molecule has 0 radical (unpaired) electrons. The number of carbonyl (C=O) groups is 2. The molecule has 1 heterocycles. The Kier molecular flexibility index (Phi) is 9.63. The largest absolute Gasteiger partial charge is 0.361 e. The second-order valence-electron chi connectivity index (χ2n) is 10.3. The highest BCUT2D eigenvalue weighted by Crippen LogP contribution is 2.20. The maximum atomic E-state index is 12.7. The lowest BCUT2D eigenvalue weighted by Crippen LogP contribution is -2.41. The van der Waals surface area contributed by atoms with Crippen LogP contribution in [-0.2, 0) is 27.5 Å². The number of urea groups is 1. The zero-order valence-electron chi connectivity index (χ0n) is 22.3. The van der Waals surface area contributed by atoms with Gasteiger partial charge in [-0.2, -0.15) is 5.06 Å². The fraction of sp³-hybridized carbons (Fsp3) is 0.538. The van der Waals surface area contributed by atoms with Crippen LogP contribution in [-0.4, -0.2) is 39.8 Å². The van der Waals surface area contributed by atoms with Gasteiger partial charge in [0.1, 0.15) is 6.73 Å². The first kappa shape index (κ1) is 28.8. The third kappa shape index (κ3) is 7.81. The first-order chi connectivity index (χ1) is 16.7. The number of H-pyrrole nitrogens is 1. The van der Waals surface area contributed by atoms with Gasteiger partial charge in [-0.3, -0.25) is 14.3 Å². The molecule has 0 spiro atoms. The summed E-state index contributed by atoms with van der Waals surface area (Å²) in [6.07, 6.45) is 0.707. The Hall–Kier alpha value is -3.40. The molecule has 0 aliphatic carbocycles. The van der Waals surface area contributed by atoms with Crippen LogP contribution in [0.15, 0.2) is 27.8 Å². The zero-order valence-corrected chi connectivity index (χ0v) is 22.3. The Bertz CT molecular complexity index is 1190. The standard InChI is InChI=1S/C26H38N4O6/c1-16(2)21-20(14-19-12-17(3)11-18(4)13-19)29(25(34)28-22(21)31)15-35-10-8-9-30(24(27)33)36-23(32)26(5,6)7/h11-13,16H,8-10,14-15H2,1-7H3,(H2,27,33)(H,28,31,34). The van der Waals surface area contributed by atoms with E-state index in [4.69, 9.17) is 15.3 Å². The molecular formula is C26H38N4O6. The lowest BCUT2D eigenvalue weighted by Gasteiger charge is -2.23. The number of ether oxygens (including phenoxy) is 1. The van der Waals surface area contributed by atoms with Gasteiger partial charge >= 0.3 is 17.7 Å². The molecule has 0 saturated heterocycles.